The molecule has 0 unspecified atom stereocenters. The summed E-state index contributed by atoms with van der Waals surface area (Å²) in [5.41, 5.74) is 0.651. The number of alkyl halides is 1. The molecule has 0 aliphatic heterocycles. The molecule has 74 valence electrons. The largest absolute Gasteiger partial charge is 0.475 e. The molecular formula is C10H9FO3. The maximum atomic E-state index is 11.8. The number of benzene rings is 1. The predicted molar refractivity (Wildman–Crippen MR) is 49.1 cm³/mol. The summed E-state index contributed by atoms with van der Waals surface area (Å²) in [4.78, 5) is 10.5. The summed E-state index contributed by atoms with van der Waals surface area (Å²) in [6, 6.07) is 8.70. The van der Waals surface area contributed by atoms with Crippen LogP contribution in [0.15, 0.2) is 36.1 Å². The van der Waals surface area contributed by atoms with E-state index in [2.05, 4.69) is 4.74 Å². The lowest BCUT2D eigenvalue weighted by Crippen LogP contribution is -2.03. The quantitative estimate of drug-likeness (QED) is 0.592. The van der Waals surface area contributed by atoms with E-state index in [1.54, 1.807) is 30.3 Å². The Morgan fingerprint density at radius 1 is 1.43 bits per heavy atom. The molecule has 1 aromatic rings. The second kappa shape index (κ2) is 5.01. The van der Waals surface area contributed by atoms with Crippen LogP contribution < -0.4 is 0 Å². The van der Waals surface area contributed by atoms with Crippen molar-refractivity contribution in [2.45, 2.75) is 0 Å². The molecule has 3 nitrogen and oxygen atoms in total. The number of rotatable bonds is 4. The van der Waals surface area contributed by atoms with E-state index in [0.717, 1.165) is 0 Å². The summed E-state index contributed by atoms with van der Waals surface area (Å²) in [6.07, 6.45) is 1.27. The molecule has 0 aliphatic rings. The lowest BCUT2D eigenvalue weighted by Gasteiger charge is -2.01. The number of carbonyl (C=O) groups is 1. The molecule has 1 aromatic carbocycles. The van der Waals surface area contributed by atoms with E-state index in [4.69, 9.17) is 5.11 Å². The lowest BCUT2D eigenvalue weighted by atomic mass is 10.2. The van der Waals surface area contributed by atoms with Gasteiger partial charge in [0, 0.05) is 0 Å². The van der Waals surface area contributed by atoms with E-state index in [-0.39, 0.29) is 0 Å². The van der Waals surface area contributed by atoms with Gasteiger partial charge in [0.1, 0.15) is 0 Å². The summed E-state index contributed by atoms with van der Waals surface area (Å²) in [5.74, 6) is -1.69. The smallest absolute Gasteiger partial charge is 0.371 e. The molecule has 0 heterocycles. The van der Waals surface area contributed by atoms with Crippen LogP contribution in [-0.2, 0) is 9.53 Å². The van der Waals surface area contributed by atoms with Crippen molar-refractivity contribution < 1.29 is 19.0 Å². The maximum absolute atomic E-state index is 11.8. The number of aliphatic carboxylic acids is 1. The minimum absolute atomic E-state index is 0.404. The molecule has 0 bridgehead atoms. The van der Waals surface area contributed by atoms with E-state index >= 15 is 0 Å². The van der Waals surface area contributed by atoms with Gasteiger partial charge in [-0.05, 0) is 11.6 Å². The van der Waals surface area contributed by atoms with E-state index in [0.29, 0.717) is 5.56 Å². The fourth-order valence-electron chi connectivity index (χ4n) is 0.925. The van der Waals surface area contributed by atoms with E-state index in [9.17, 15) is 9.18 Å². The number of halogens is 1. The fraction of sp³-hybridized carbons (Fsp3) is 0.100. The highest BCUT2D eigenvalue weighted by Crippen LogP contribution is 2.07. The summed E-state index contributed by atoms with van der Waals surface area (Å²) < 4.78 is 16.1. The van der Waals surface area contributed by atoms with Crippen molar-refractivity contribution in [3.63, 3.8) is 0 Å². The first-order chi connectivity index (χ1) is 6.74. The summed E-state index contributed by atoms with van der Waals surface area (Å²) in [5, 5.41) is 8.61. The summed E-state index contributed by atoms with van der Waals surface area (Å²) >= 11 is 0. The first kappa shape index (κ1) is 10.2. The Morgan fingerprint density at radius 2 is 2.07 bits per heavy atom. The Morgan fingerprint density at radius 3 is 2.57 bits per heavy atom. The minimum atomic E-state index is -1.29. The summed E-state index contributed by atoms with van der Waals surface area (Å²) in [7, 11) is 0. The van der Waals surface area contributed by atoms with Gasteiger partial charge in [0.25, 0.3) is 0 Å². The molecule has 0 spiro atoms. The van der Waals surface area contributed by atoms with Crippen LogP contribution in [0.4, 0.5) is 4.39 Å². The van der Waals surface area contributed by atoms with Crippen LogP contribution in [0.25, 0.3) is 6.08 Å². The molecule has 0 amide bonds. The number of carboxylic acids is 1. The van der Waals surface area contributed by atoms with Crippen molar-refractivity contribution in [2.24, 2.45) is 0 Å². The van der Waals surface area contributed by atoms with Gasteiger partial charge in [0.05, 0.1) is 0 Å². The number of hydrogen-bond acceptors (Lipinski definition) is 2. The second-order valence-corrected chi connectivity index (χ2v) is 2.48. The van der Waals surface area contributed by atoms with E-state index in [1.165, 1.54) is 6.08 Å². The van der Waals surface area contributed by atoms with Gasteiger partial charge < -0.3 is 9.84 Å². The molecular weight excluding hydrogens is 187 g/mol. The molecule has 0 aromatic heterocycles. The highest BCUT2D eigenvalue weighted by Gasteiger charge is 2.07. The number of carboxylic acid groups (broad SMARTS) is 1. The molecule has 0 saturated heterocycles. The van der Waals surface area contributed by atoms with Gasteiger partial charge in [-0.1, -0.05) is 30.3 Å². The van der Waals surface area contributed by atoms with Crippen LogP contribution in [0.3, 0.4) is 0 Å². The number of ether oxygens (including phenoxy) is 1. The highest BCUT2D eigenvalue weighted by molar-refractivity contribution is 5.89. The van der Waals surface area contributed by atoms with Crippen molar-refractivity contribution in [3.05, 3.63) is 41.7 Å². The highest BCUT2D eigenvalue weighted by atomic mass is 19.1. The zero-order valence-corrected chi connectivity index (χ0v) is 7.31. The zero-order chi connectivity index (χ0) is 10.4. The summed E-state index contributed by atoms with van der Waals surface area (Å²) in [6.45, 7) is -1.15. The first-order valence-corrected chi connectivity index (χ1v) is 3.93. The molecule has 0 radical (unpaired) electrons. The van der Waals surface area contributed by atoms with E-state index < -0.39 is 18.6 Å². The molecule has 1 N–H and O–H groups in total. The standard InChI is InChI=1S/C10H9FO3/c11-7-14-9(10(12)13)6-8-4-2-1-3-5-8/h1-6H,7H2,(H,12,13). The van der Waals surface area contributed by atoms with Gasteiger partial charge in [0.2, 0.25) is 12.6 Å². The Bertz CT molecular complexity index is 332. The third kappa shape index (κ3) is 2.90. The Kier molecular flexibility index (Phi) is 3.67. The third-order valence-electron chi connectivity index (χ3n) is 1.52. The van der Waals surface area contributed by atoms with Crippen molar-refractivity contribution in [1.82, 2.24) is 0 Å². The van der Waals surface area contributed by atoms with Crippen LogP contribution in [0, 0.1) is 0 Å². The van der Waals surface area contributed by atoms with E-state index in [1.807, 2.05) is 0 Å². The van der Waals surface area contributed by atoms with Crippen molar-refractivity contribution in [3.8, 4) is 0 Å². The normalized spacial score (nSPS) is 11.1. The molecule has 0 saturated carbocycles. The van der Waals surface area contributed by atoms with Crippen LogP contribution in [0.1, 0.15) is 5.56 Å². The molecule has 1 rings (SSSR count). The van der Waals surface area contributed by atoms with Crippen LogP contribution in [0.5, 0.6) is 0 Å². The average molecular weight is 196 g/mol. The van der Waals surface area contributed by atoms with Gasteiger partial charge in [0.15, 0.2) is 0 Å². The van der Waals surface area contributed by atoms with Gasteiger partial charge in [-0.3, -0.25) is 0 Å². The Labute approximate surface area is 80.4 Å². The van der Waals surface area contributed by atoms with Gasteiger partial charge in [-0.2, -0.15) is 0 Å². The zero-order valence-electron chi connectivity index (χ0n) is 7.31. The van der Waals surface area contributed by atoms with Crippen molar-refractivity contribution in [1.29, 1.82) is 0 Å². The number of hydrogen-bond donors (Lipinski definition) is 1. The fourth-order valence-corrected chi connectivity index (χ4v) is 0.925. The molecule has 0 aliphatic carbocycles. The van der Waals surface area contributed by atoms with Gasteiger partial charge in [-0.25, -0.2) is 9.18 Å². The minimum Gasteiger partial charge on any atom is -0.475 e. The Balaban J connectivity index is 2.88. The van der Waals surface area contributed by atoms with Crippen molar-refractivity contribution >= 4 is 12.0 Å². The molecule has 0 atom stereocenters. The maximum Gasteiger partial charge on any atom is 0.371 e. The Hall–Kier alpha value is -1.84. The third-order valence-corrected chi connectivity index (χ3v) is 1.52. The lowest BCUT2D eigenvalue weighted by molar-refractivity contribution is -0.137. The first-order valence-electron chi connectivity index (χ1n) is 3.93. The molecule has 0 fully saturated rings. The van der Waals surface area contributed by atoms with Crippen LogP contribution >= 0.6 is 0 Å². The van der Waals surface area contributed by atoms with Gasteiger partial charge in [-0.15, -0.1) is 0 Å². The topological polar surface area (TPSA) is 46.5 Å². The van der Waals surface area contributed by atoms with Crippen LogP contribution in [0.2, 0.25) is 0 Å². The van der Waals surface area contributed by atoms with Crippen molar-refractivity contribution in [2.75, 3.05) is 6.86 Å². The molecule has 14 heavy (non-hydrogen) atoms. The second-order valence-electron chi connectivity index (χ2n) is 2.48. The van der Waals surface area contributed by atoms with Gasteiger partial charge >= 0.3 is 5.97 Å². The molecule has 4 heteroatoms. The predicted octanol–water partition coefficient (Wildman–Crippen LogP) is 2.06. The average Bonchev–Trinajstić information content (AvgIpc) is 2.18. The SMILES string of the molecule is O=C(O)C(=Cc1ccccc1)OCF. The van der Waals surface area contributed by atoms with Crippen LogP contribution in [-0.4, -0.2) is 17.9 Å². The monoisotopic (exact) mass is 196 g/mol.